The molecule has 4 N–H and O–H groups in total. The summed E-state index contributed by atoms with van der Waals surface area (Å²) in [6.45, 7) is 1.34. The lowest BCUT2D eigenvalue weighted by Crippen LogP contribution is -2.34. The number of hydrogen-bond acceptors (Lipinski definition) is 2. The second-order valence-electron chi connectivity index (χ2n) is 6.17. The van der Waals surface area contributed by atoms with Gasteiger partial charge in [0.25, 0.3) is 0 Å². The molecule has 0 aliphatic heterocycles. The molecule has 2 saturated carbocycles. The Labute approximate surface area is 120 Å². The second kappa shape index (κ2) is 5.83. The third-order valence-corrected chi connectivity index (χ3v) is 4.86. The molecule has 2 aliphatic rings. The number of amides is 2. The zero-order chi connectivity index (χ0) is 13.9. The molecule has 0 radical (unpaired) electrons. The summed E-state index contributed by atoms with van der Waals surface area (Å²) in [7, 11) is 0. The van der Waals surface area contributed by atoms with Crippen LogP contribution in [-0.2, 0) is 6.54 Å². The minimum Gasteiger partial charge on any atom is -0.338 e. The highest BCUT2D eigenvalue weighted by Gasteiger charge is 2.39. The fourth-order valence-electron chi connectivity index (χ4n) is 3.75. The van der Waals surface area contributed by atoms with Gasteiger partial charge in [-0.1, -0.05) is 18.6 Å². The van der Waals surface area contributed by atoms with Gasteiger partial charge in [-0.2, -0.15) is 0 Å². The first-order valence-corrected chi connectivity index (χ1v) is 7.58. The van der Waals surface area contributed by atoms with Crippen LogP contribution in [-0.4, -0.2) is 12.6 Å². The van der Waals surface area contributed by atoms with E-state index in [2.05, 4.69) is 10.6 Å². The highest BCUT2D eigenvalue weighted by molar-refractivity contribution is 5.89. The molecule has 2 aliphatic carbocycles. The number of hydrogen-bond donors (Lipinski definition) is 3. The second-order valence-corrected chi connectivity index (χ2v) is 6.17. The topological polar surface area (TPSA) is 67.1 Å². The molecule has 0 saturated heterocycles. The van der Waals surface area contributed by atoms with Crippen LogP contribution in [0.1, 0.15) is 31.2 Å². The molecule has 4 nitrogen and oxygen atoms in total. The maximum absolute atomic E-state index is 11.9. The van der Waals surface area contributed by atoms with Crippen molar-refractivity contribution >= 4 is 11.7 Å². The van der Waals surface area contributed by atoms with Crippen molar-refractivity contribution in [3.63, 3.8) is 0 Å². The van der Waals surface area contributed by atoms with Crippen LogP contribution in [0.4, 0.5) is 10.5 Å². The number of anilines is 1. The van der Waals surface area contributed by atoms with E-state index in [1.54, 1.807) is 0 Å². The van der Waals surface area contributed by atoms with Crippen molar-refractivity contribution < 1.29 is 4.79 Å². The Morgan fingerprint density at radius 3 is 2.60 bits per heavy atom. The summed E-state index contributed by atoms with van der Waals surface area (Å²) in [4.78, 5) is 11.9. The first-order valence-electron chi connectivity index (χ1n) is 7.58. The number of carbonyl (C=O) groups excluding carboxylic acids is 1. The van der Waals surface area contributed by atoms with E-state index in [0.717, 1.165) is 29.6 Å². The molecule has 0 aromatic heterocycles. The van der Waals surface area contributed by atoms with Gasteiger partial charge < -0.3 is 16.4 Å². The Morgan fingerprint density at radius 2 is 2.00 bits per heavy atom. The van der Waals surface area contributed by atoms with Crippen molar-refractivity contribution in [3.05, 3.63) is 29.8 Å². The van der Waals surface area contributed by atoms with E-state index in [1.165, 1.54) is 25.7 Å². The van der Waals surface area contributed by atoms with E-state index in [9.17, 15) is 4.79 Å². The van der Waals surface area contributed by atoms with Gasteiger partial charge in [0.1, 0.15) is 0 Å². The van der Waals surface area contributed by atoms with Gasteiger partial charge in [-0.25, -0.2) is 4.79 Å². The summed E-state index contributed by atoms with van der Waals surface area (Å²) in [5, 5.41) is 5.88. The predicted octanol–water partition coefficient (Wildman–Crippen LogP) is 2.70. The van der Waals surface area contributed by atoms with Gasteiger partial charge in [-0.3, -0.25) is 0 Å². The number of urea groups is 1. The maximum atomic E-state index is 11.9. The standard InChI is InChI=1S/C16H23N3O/c17-9-11-2-5-15(6-3-11)19-16(20)18-10-14-8-12-1-4-13(14)7-12/h2-3,5-6,12-14H,1,4,7-10,17H2,(H2,18,19,20). The van der Waals surface area contributed by atoms with Crippen molar-refractivity contribution in [1.82, 2.24) is 5.32 Å². The largest absolute Gasteiger partial charge is 0.338 e. The molecule has 2 amide bonds. The van der Waals surface area contributed by atoms with Crippen molar-refractivity contribution in [2.45, 2.75) is 32.2 Å². The summed E-state index contributed by atoms with van der Waals surface area (Å²) < 4.78 is 0. The zero-order valence-corrected chi connectivity index (χ0v) is 11.8. The SMILES string of the molecule is NCc1ccc(NC(=O)NCC2CC3CCC2C3)cc1. The first-order chi connectivity index (χ1) is 9.74. The Kier molecular flexibility index (Phi) is 3.92. The highest BCUT2D eigenvalue weighted by atomic mass is 16.2. The lowest BCUT2D eigenvalue weighted by molar-refractivity contribution is 0.245. The van der Waals surface area contributed by atoms with Crippen LogP contribution in [0.25, 0.3) is 0 Å². The third kappa shape index (κ3) is 2.96. The number of carbonyl (C=O) groups is 1. The van der Waals surface area contributed by atoms with Gasteiger partial charge in [0.2, 0.25) is 0 Å². The lowest BCUT2D eigenvalue weighted by Gasteiger charge is -2.21. The molecule has 2 fully saturated rings. The molecule has 0 spiro atoms. The Hall–Kier alpha value is -1.55. The fourth-order valence-corrected chi connectivity index (χ4v) is 3.75. The quantitative estimate of drug-likeness (QED) is 0.789. The molecule has 3 atom stereocenters. The molecule has 20 heavy (non-hydrogen) atoms. The predicted molar refractivity (Wildman–Crippen MR) is 80.3 cm³/mol. The number of benzene rings is 1. The minimum absolute atomic E-state index is 0.103. The van der Waals surface area contributed by atoms with Gasteiger partial charge in [-0.05, 0) is 54.7 Å². The van der Waals surface area contributed by atoms with E-state index in [4.69, 9.17) is 5.73 Å². The van der Waals surface area contributed by atoms with E-state index in [0.29, 0.717) is 12.5 Å². The maximum Gasteiger partial charge on any atom is 0.319 e. The van der Waals surface area contributed by atoms with Crippen LogP contribution >= 0.6 is 0 Å². The monoisotopic (exact) mass is 273 g/mol. The van der Waals surface area contributed by atoms with Crippen molar-refractivity contribution in [3.8, 4) is 0 Å². The first kappa shape index (κ1) is 13.4. The van der Waals surface area contributed by atoms with Gasteiger partial charge in [0.15, 0.2) is 0 Å². The van der Waals surface area contributed by atoms with Gasteiger partial charge in [0, 0.05) is 18.8 Å². The molecule has 1 aromatic carbocycles. The number of nitrogens with one attached hydrogen (secondary N) is 2. The Morgan fingerprint density at radius 1 is 1.20 bits per heavy atom. The summed E-state index contributed by atoms with van der Waals surface area (Å²) >= 11 is 0. The minimum atomic E-state index is -0.103. The van der Waals surface area contributed by atoms with Crippen molar-refractivity contribution in [2.75, 3.05) is 11.9 Å². The molecule has 0 heterocycles. The molecular formula is C16H23N3O. The smallest absolute Gasteiger partial charge is 0.319 e. The average Bonchev–Trinajstić information content (AvgIpc) is 3.08. The number of nitrogens with two attached hydrogens (primary N) is 1. The van der Waals surface area contributed by atoms with Crippen LogP contribution in [0.2, 0.25) is 0 Å². The van der Waals surface area contributed by atoms with E-state index in [-0.39, 0.29) is 6.03 Å². The summed E-state index contributed by atoms with van der Waals surface area (Å²) in [5.41, 5.74) is 7.43. The number of rotatable bonds is 4. The van der Waals surface area contributed by atoms with Gasteiger partial charge in [0.05, 0.1) is 0 Å². The average molecular weight is 273 g/mol. The van der Waals surface area contributed by atoms with Gasteiger partial charge >= 0.3 is 6.03 Å². The molecule has 108 valence electrons. The highest BCUT2D eigenvalue weighted by Crippen LogP contribution is 2.47. The lowest BCUT2D eigenvalue weighted by atomic mass is 9.89. The van der Waals surface area contributed by atoms with Crippen LogP contribution in [0.15, 0.2) is 24.3 Å². The van der Waals surface area contributed by atoms with Crippen LogP contribution < -0.4 is 16.4 Å². The molecule has 4 heteroatoms. The normalized spacial score (nSPS) is 27.6. The third-order valence-electron chi connectivity index (χ3n) is 4.86. The van der Waals surface area contributed by atoms with Crippen LogP contribution in [0, 0.1) is 17.8 Å². The van der Waals surface area contributed by atoms with E-state index in [1.807, 2.05) is 24.3 Å². The number of fused-ring (bicyclic) bond motifs is 2. The van der Waals surface area contributed by atoms with E-state index < -0.39 is 0 Å². The van der Waals surface area contributed by atoms with Gasteiger partial charge in [-0.15, -0.1) is 0 Å². The molecule has 1 aromatic rings. The van der Waals surface area contributed by atoms with Crippen molar-refractivity contribution in [1.29, 1.82) is 0 Å². The van der Waals surface area contributed by atoms with E-state index >= 15 is 0 Å². The summed E-state index contributed by atoms with van der Waals surface area (Å²) in [6, 6.07) is 7.55. The molecular weight excluding hydrogens is 250 g/mol. The zero-order valence-electron chi connectivity index (χ0n) is 11.8. The summed E-state index contributed by atoms with van der Waals surface area (Å²) in [6.07, 6.45) is 5.45. The Bertz CT molecular complexity index is 471. The van der Waals surface area contributed by atoms with Crippen LogP contribution in [0.5, 0.6) is 0 Å². The van der Waals surface area contributed by atoms with Crippen molar-refractivity contribution in [2.24, 2.45) is 23.5 Å². The van der Waals surface area contributed by atoms with Crippen LogP contribution in [0.3, 0.4) is 0 Å². The molecule has 2 bridgehead atoms. The molecule has 3 rings (SSSR count). The Balaban J connectivity index is 1.45. The molecule has 3 unspecified atom stereocenters. The fraction of sp³-hybridized carbons (Fsp3) is 0.562. The summed E-state index contributed by atoms with van der Waals surface area (Å²) in [5.74, 6) is 2.47.